The molecule has 0 aliphatic heterocycles. The zero-order valence-electron chi connectivity index (χ0n) is 17.5. The first kappa shape index (κ1) is 21.5. The van der Waals surface area contributed by atoms with E-state index in [1.165, 1.54) is 33.0 Å². The van der Waals surface area contributed by atoms with Crippen LogP contribution in [0.5, 0.6) is 0 Å². The highest BCUT2D eigenvalue weighted by Gasteiger charge is 2.13. The predicted octanol–water partition coefficient (Wildman–Crippen LogP) is 7.10. The van der Waals surface area contributed by atoms with Gasteiger partial charge in [0.15, 0.2) is 0 Å². The molecule has 146 valence electrons. The van der Waals surface area contributed by atoms with Gasteiger partial charge in [0.25, 0.3) is 0 Å². The average molecular weight is 382 g/mol. The van der Waals surface area contributed by atoms with Gasteiger partial charge in [-0.15, -0.1) is 11.3 Å². The van der Waals surface area contributed by atoms with Gasteiger partial charge in [-0.2, -0.15) is 0 Å². The molecule has 0 saturated carbocycles. The van der Waals surface area contributed by atoms with E-state index in [0.717, 1.165) is 32.2 Å². The minimum Gasteiger partial charge on any atom is -0.369 e. The molecule has 0 saturated heterocycles. The highest BCUT2D eigenvalue weighted by molar-refractivity contribution is 7.11. The molecule has 2 aromatic rings. The quantitative estimate of drug-likeness (QED) is 0.375. The molecule has 0 aliphatic carbocycles. The number of hydrogen-bond acceptors (Lipinski definition) is 2. The summed E-state index contributed by atoms with van der Waals surface area (Å²) in [5, 5.41) is 0. The van der Waals surface area contributed by atoms with E-state index in [0.29, 0.717) is 6.04 Å². The molecule has 1 unspecified atom stereocenters. The van der Waals surface area contributed by atoms with Gasteiger partial charge in [-0.05, 0) is 70.6 Å². The maximum atomic E-state index is 4.23. The van der Waals surface area contributed by atoms with Crippen LogP contribution < -0.4 is 0 Å². The Kier molecular flexibility index (Phi) is 8.87. The molecule has 0 N–H and O–H groups in total. The third kappa shape index (κ3) is 7.38. The van der Waals surface area contributed by atoms with Crippen LogP contribution in [0.15, 0.2) is 60.8 Å². The molecule has 0 spiro atoms. The zero-order valence-corrected chi connectivity index (χ0v) is 18.3. The second-order valence-electron chi connectivity index (χ2n) is 7.48. The second-order valence-corrected chi connectivity index (χ2v) is 8.85. The summed E-state index contributed by atoms with van der Waals surface area (Å²) < 4.78 is 0. The average Bonchev–Trinajstić information content (AvgIpc) is 3.05. The largest absolute Gasteiger partial charge is 0.369 e. The van der Waals surface area contributed by atoms with Crippen molar-refractivity contribution in [3.8, 4) is 0 Å². The summed E-state index contributed by atoms with van der Waals surface area (Å²) in [5.74, 6) is 0. The van der Waals surface area contributed by atoms with Crippen LogP contribution in [0.1, 0.15) is 54.0 Å². The number of benzene rings is 1. The molecule has 1 aromatic carbocycles. The Morgan fingerprint density at radius 2 is 2.00 bits per heavy atom. The van der Waals surface area contributed by atoms with Crippen LogP contribution in [-0.2, 0) is 12.8 Å². The first-order valence-corrected chi connectivity index (χ1v) is 11.0. The smallest absolute Gasteiger partial charge is 0.0467 e. The van der Waals surface area contributed by atoms with E-state index in [1.807, 2.05) is 11.3 Å². The lowest BCUT2D eigenvalue weighted by molar-refractivity contribution is 0.283. The van der Waals surface area contributed by atoms with Gasteiger partial charge in [-0.3, -0.25) is 0 Å². The molecular weight excluding hydrogens is 346 g/mol. The highest BCUT2D eigenvalue weighted by atomic mass is 32.1. The lowest BCUT2D eigenvalue weighted by atomic mass is 10.1. The van der Waals surface area contributed by atoms with E-state index in [1.54, 1.807) is 0 Å². The summed E-state index contributed by atoms with van der Waals surface area (Å²) in [4.78, 5) is 5.38. The standard InChI is InChI=1S/C25H35NS/c1-6-24(14-8-7-12-23-13-9-11-21(4)19-23)26(20(2)3)18-10-15-25-17-16-22(5)27-25/h8-9,11,13-14,16-17,19,24H,2,6-7,10,12,15,18H2,1,3-5H3/b14-8+. The van der Waals surface area contributed by atoms with Crippen molar-refractivity contribution in [2.24, 2.45) is 0 Å². The number of nitrogens with zero attached hydrogens (tertiary/aromatic N) is 1. The molecule has 1 aromatic heterocycles. The normalized spacial score (nSPS) is 12.4. The SMILES string of the molecule is C=C(C)N(CCCc1ccc(C)s1)C(/C=C/CCc1cccc(C)c1)CC. The lowest BCUT2D eigenvalue weighted by Crippen LogP contribution is -2.32. The topological polar surface area (TPSA) is 3.24 Å². The Hall–Kier alpha value is -1.80. The van der Waals surface area contributed by atoms with Gasteiger partial charge in [0.05, 0.1) is 0 Å². The first-order chi connectivity index (χ1) is 13.0. The molecule has 1 nitrogen and oxygen atoms in total. The van der Waals surface area contributed by atoms with Crippen LogP contribution in [-0.4, -0.2) is 17.5 Å². The van der Waals surface area contributed by atoms with E-state index >= 15 is 0 Å². The maximum Gasteiger partial charge on any atom is 0.0467 e. The third-order valence-corrected chi connectivity index (χ3v) is 6.03. The summed E-state index contributed by atoms with van der Waals surface area (Å²) in [7, 11) is 0. The Balaban J connectivity index is 1.85. The van der Waals surface area contributed by atoms with Crippen molar-refractivity contribution >= 4 is 11.3 Å². The summed E-state index contributed by atoms with van der Waals surface area (Å²) in [6, 6.07) is 13.8. The Morgan fingerprint density at radius 3 is 2.63 bits per heavy atom. The molecule has 0 aliphatic rings. The molecule has 2 rings (SSSR count). The van der Waals surface area contributed by atoms with Gasteiger partial charge in [0, 0.05) is 28.0 Å². The van der Waals surface area contributed by atoms with Crippen molar-refractivity contribution in [3.05, 3.63) is 81.7 Å². The minimum atomic E-state index is 0.449. The minimum absolute atomic E-state index is 0.449. The number of rotatable bonds is 11. The van der Waals surface area contributed by atoms with Crippen molar-refractivity contribution in [1.29, 1.82) is 0 Å². The van der Waals surface area contributed by atoms with Gasteiger partial charge < -0.3 is 4.90 Å². The van der Waals surface area contributed by atoms with Crippen molar-refractivity contribution in [3.63, 3.8) is 0 Å². The third-order valence-electron chi connectivity index (χ3n) is 4.97. The monoisotopic (exact) mass is 381 g/mol. The number of thiophene rings is 1. The van der Waals surface area contributed by atoms with Crippen molar-refractivity contribution in [2.75, 3.05) is 6.54 Å². The van der Waals surface area contributed by atoms with E-state index in [4.69, 9.17) is 0 Å². The highest BCUT2D eigenvalue weighted by Crippen LogP contribution is 2.19. The van der Waals surface area contributed by atoms with Crippen LogP contribution in [0.2, 0.25) is 0 Å². The molecular formula is C25H35NS. The van der Waals surface area contributed by atoms with Crippen LogP contribution in [0.3, 0.4) is 0 Å². The summed E-state index contributed by atoms with van der Waals surface area (Å²) in [6.45, 7) is 14.1. The molecule has 2 heteroatoms. The summed E-state index contributed by atoms with van der Waals surface area (Å²) in [6.07, 6.45) is 10.4. The van der Waals surface area contributed by atoms with E-state index in [-0.39, 0.29) is 0 Å². The molecule has 0 fully saturated rings. The fourth-order valence-electron chi connectivity index (χ4n) is 3.51. The zero-order chi connectivity index (χ0) is 19.6. The molecule has 0 bridgehead atoms. The predicted molar refractivity (Wildman–Crippen MR) is 122 cm³/mol. The van der Waals surface area contributed by atoms with Gasteiger partial charge in [-0.1, -0.05) is 55.5 Å². The molecule has 0 amide bonds. The Bertz CT molecular complexity index is 740. The van der Waals surface area contributed by atoms with Gasteiger partial charge >= 0.3 is 0 Å². The van der Waals surface area contributed by atoms with Gasteiger partial charge in [0.2, 0.25) is 0 Å². The van der Waals surface area contributed by atoms with Crippen molar-refractivity contribution in [2.45, 2.75) is 65.8 Å². The molecule has 0 radical (unpaired) electrons. The van der Waals surface area contributed by atoms with Crippen LogP contribution >= 0.6 is 11.3 Å². The van der Waals surface area contributed by atoms with E-state index < -0.39 is 0 Å². The summed E-state index contributed by atoms with van der Waals surface area (Å²) >= 11 is 1.92. The Labute approximate surface area is 170 Å². The lowest BCUT2D eigenvalue weighted by Gasteiger charge is -2.31. The maximum absolute atomic E-state index is 4.23. The Morgan fingerprint density at radius 1 is 1.19 bits per heavy atom. The van der Waals surface area contributed by atoms with Crippen LogP contribution in [0.25, 0.3) is 0 Å². The van der Waals surface area contributed by atoms with Gasteiger partial charge in [0.1, 0.15) is 0 Å². The molecule has 1 heterocycles. The fraction of sp³-hybridized carbons (Fsp3) is 0.440. The number of hydrogen-bond donors (Lipinski definition) is 0. The van der Waals surface area contributed by atoms with Crippen molar-refractivity contribution < 1.29 is 0 Å². The first-order valence-electron chi connectivity index (χ1n) is 10.2. The van der Waals surface area contributed by atoms with Crippen LogP contribution in [0, 0.1) is 13.8 Å². The van der Waals surface area contributed by atoms with Crippen molar-refractivity contribution in [1.82, 2.24) is 4.90 Å². The van der Waals surface area contributed by atoms with Crippen LogP contribution in [0.4, 0.5) is 0 Å². The van der Waals surface area contributed by atoms with Gasteiger partial charge in [-0.25, -0.2) is 0 Å². The van der Waals surface area contributed by atoms with E-state index in [2.05, 4.69) is 87.7 Å². The van der Waals surface area contributed by atoms with E-state index in [9.17, 15) is 0 Å². The fourth-order valence-corrected chi connectivity index (χ4v) is 4.45. The second kappa shape index (κ2) is 11.1. The number of allylic oxidation sites excluding steroid dienone is 2. The molecule has 27 heavy (non-hydrogen) atoms. The molecule has 1 atom stereocenters. The summed E-state index contributed by atoms with van der Waals surface area (Å²) in [5.41, 5.74) is 3.94. The number of aryl methyl sites for hydroxylation is 4.